The fourth-order valence-corrected chi connectivity index (χ4v) is 1.19. The lowest BCUT2D eigenvalue weighted by Gasteiger charge is -1.94. The van der Waals surface area contributed by atoms with E-state index in [-0.39, 0.29) is 4.90 Å². The van der Waals surface area contributed by atoms with Crippen molar-refractivity contribution in [2.24, 2.45) is 5.14 Å². The van der Waals surface area contributed by atoms with Crippen LogP contribution in [0.3, 0.4) is 0 Å². The van der Waals surface area contributed by atoms with Crippen LogP contribution in [0.4, 0.5) is 5.69 Å². The van der Waals surface area contributed by atoms with Gasteiger partial charge >= 0.3 is 0 Å². The van der Waals surface area contributed by atoms with Gasteiger partial charge in [-0.2, -0.15) is 0 Å². The van der Waals surface area contributed by atoms with E-state index in [9.17, 15) is 8.42 Å². The third-order valence-corrected chi connectivity index (χ3v) is 2.18. The minimum absolute atomic E-state index is 0.116. The molecule has 0 unspecified atom stereocenters. The first kappa shape index (κ1) is 8.19. The molecule has 0 heterocycles. The molecule has 1 rings (SSSR count). The molecule has 0 aliphatic rings. The van der Waals surface area contributed by atoms with Crippen LogP contribution in [-0.2, 0) is 10.0 Å². The Bertz CT molecular complexity index is 341. The molecule has 60 valence electrons. The summed E-state index contributed by atoms with van der Waals surface area (Å²) in [5, 5.41) is 4.86. The third kappa shape index (κ3) is 2.01. The highest BCUT2D eigenvalue weighted by Gasteiger charge is 2.05. The summed E-state index contributed by atoms with van der Waals surface area (Å²) in [6.07, 6.45) is 0. The minimum atomic E-state index is -3.55. The van der Waals surface area contributed by atoms with Crippen molar-refractivity contribution in [3.05, 3.63) is 24.3 Å². The van der Waals surface area contributed by atoms with Gasteiger partial charge in [0.05, 0.1) is 4.90 Å². The van der Waals surface area contributed by atoms with Gasteiger partial charge in [-0.25, -0.2) is 13.6 Å². The van der Waals surface area contributed by atoms with Gasteiger partial charge < -0.3 is 5.73 Å². The summed E-state index contributed by atoms with van der Waals surface area (Å²) in [6.45, 7) is 0. The van der Waals surface area contributed by atoms with Crippen LogP contribution in [0.25, 0.3) is 0 Å². The van der Waals surface area contributed by atoms with E-state index in [2.05, 4.69) is 5.73 Å². The van der Waals surface area contributed by atoms with Crippen LogP contribution in [-0.4, -0.2) is 8.42 Å². The van der Waals surface area contributed by atoms with Crippen molar-refractivity contribution < 1.29 is 14.2 Å². The highest BCUT2D eigenvalue weighted by atomic mass is 32.2. The highest BCUT2D eigenvalue weighted by Crippen LogP contribution is 2.07. The van der Waals surface area contributed by atoms with Crippen LogP contribution >= 0.6 is 0 Å². The second-order valence-electron chi connectivity index (χ2n) is 2.19. The largest absolute Gasteiger partial charge is 0.325 e. The Morgan fingerprint density at radius 2 is 1.64 bits per heavy atom. The van der Waals surface area contributed by atoms with Crippen molar-refractivity contribution in [2.45, 2.75) is 4.90 Å². The zero-order chi connectivity index (χ0) is 8.48. The van der Waals surface area contributed by atoms with E-state index in [0.29, 0.717) is 0 Å². The molecule has 0 bridgehead atoms. The molecular weight excluding hydrogens is 164 g/mol. The van der Waals surface area contributed by atoms with Gasteiger partial charge in [-0.05, 0) is 12.1 Å². The number of hydrogen-bond acceptors (Lipinski definition) is 2. The number of primary sulfonamides is 1. The van der Waals surface area contributed by atoms with E-state index < -0.39 is 10.0 Å². The SMILES string of the molecule is NS(=O)(=O)c1ccc([NH3+])cc1. The van der Waals surface area contributed by atoms with Crippen molar-refractivity contribution in [3.63, 3.8) is 0 Å². The molecule has 5 heteroatoms. The second kappa shape index (κ2) is 2.61. The lowest BCUT2D eigenvalue weighted by Crippen LogP contribution is -2.39. The smallest absolute Gasteiger partial charge is 0.238 e. The Balaban J connectivity index is 3.20. The Hall–Kier alpha value is -0.910. The lowest BCUT2D eigenvalue weighted by atomic mass is 10.3. The summed E-state index contributed by atoms with van der Waals surface area (Å²) < 4.78 is 21.4. The lowest BCUT2D eigenvalue weighted by molar-refractivity contribution is -0.254. The molecule has 0 aliphatic heterocycles. The summed E-state index contributed by atoms with van der Waals surface area (Å²) in [6, 6.07) is 6.05. The van der Waals surface area contributed by atoms with E-state index in [4.69, 9.17) is 5.14 Å². The van der Waals surface area contributed by atoms with Gasteiger partial charge in [0.1, 0.15) is 5.69 Å². The van der Waals surface area contributed by atoms with Crippen molar-refractivity contribution >= 4 is 15.7 Å². The molecule has 0 saturated heterocycles. The summed E-state index contributed by atoms with van der Waals surface area (Å²) in [7, 11) is -3.55. The number of benzene rings is 1. The summed E-state index contributed by atoms with van der Waals surface area (Å²) in [4.78, 5) is 0.116. The molecule has 0 aliphatic carbocycles. The number of hydrogen-bond donors (Lipinski definition) is 2. The van der Waals surface area contributed by atoms with Gasteiger partial charge in [0.25, 0.3) is 0 Å². The first-order valence-corrected chi connectivity index (χ1v) is 4.49. The van der Waals surface area contributed by atoms with Crippen LogP contribution in [0.2, 0.25) is 0 Å². The Morgan fingerprint density at radius 3 is 2.00 bits per heavy atom. The van der Waals surface area contributed by atoms with Crippen molar-refractivity contribution in [1.82, 2.24) is 0 Å². The zero-order valence-corrected chi connectivity index (χ0v) is 6.64. The van der Waals surface area contributed by atoms with Crippen molar-refractivity contribution in [2.75, 3.05) is 0 Å². The maximum absolute atomic E-state index is 10.7. The normalized spacial score (nSPS) is 11.5. The van der Waals surface area contributed by atoms with E-state index in [1.807, 2.05) is 0 Å². The van der Waals surface area contributed by atoms with E-state index in [0.717, 1.165) is 5.69 Å². The number of quaternary nitrogens is 1. The third-order valence-electron chi connectivity index (χ3n) is 1.25. The Kier molecular flexibility index (Phi) is 1.95. The summed E-state index contributed by atoms with van der Waals surface area (Å²) >= 11 is 0. The zero-order valence-electron chi connectivity index (χ0n) is 5.82. The van der Waals surface area contributed by atoms with Crippen LogP contribution in [0.5, 0.6) is 0 Å². The first-order chi connectivity index (χ1) is 5.00. The molecule has 0 spiro atoms. The van der Waals surface area contributed by atoms with Gasteiger partial charge in [-0.15, -0.1) is 0 Å². The van der Waals surface area contributed by atoms with Gasteiger partial charge in [0, 0.05) is 12.1 Å². The molecule has 0 fully saturated rings. The fourth-order valence-electron chi connectivity index (χ4n) is 0.679. The fraction of sp³-hybridized carbons (Fsp3) is 0. The molecule has 4 nitrogen and oxygen atoms in total. The van der Waals surface area contributed by atoms with Gasteiger partial charge in [0.2, 0.25) is 10.0 Å². The molecular formula is C6H9N2O2S+. The standard InChI is InChI=1S/C6H8N2O2S/c7-5-1-3-6(4-2-5)11(8,9)10/h1-4H,7H2,(H2,8,9,10)/p+1. The van der Waals surface area contributed by atoms with E-state index >= 15 is 0 Å². The number of nitrogens with two attached hydrogens (primary N) is 1. The quantitative estimate of drug-likeness (QED) is 0.582. The van der Waals surface area contributed by atoms with Crippen LogP contribution in [0, 0.1) is 0 Å². The second-order valence-corrected chi connectivity index (χ2v) is 3.75. The molecule has 11 heavy (non-hydrogen) atoms. The van der Waals surface area contributed by atoms with Gasteiger partial charge in [-0.3, -0.25) is 0 Å². The van der Waals surface area contributed by atoms with Crippen LogP contribution in [0.1, 0.15) is 0 Å². The molecule has 0 saturated carbocycles. The predicted molar refractivity (Wildman–Crippen MR) is 40.4 cm³/mol. The topological polar surface area (TPSA) is 87.8 Å². The van der Waals surface area contributed by atoms with Crippen molar-refractivity contribution in [3.8, 4) is 0 Å². The van der Waals surface area contributed by atoms with E-state index in [1.54, 1.807) is 12.1 Å². The van der Waals surface area contributed by atoms with Gasteiger partial charge in [0.15, 0.2) is 0 Å². The Labute approximate surface area is 64.9 Å². The maximum atomic E-state index is 10.7. The summed E-state index contributed by atoms with van der Waals surface area (Å²) in [5.74, 6) is 0. The predicted octanol–water partition coefficient (Wildman–Crippen LogP) is -0.793. The monoisotopic (exact) mass is 173 g/mol. The van der Waals surface area contributed by atoms with Crippen LogP contribution < -0.4 is 10.9 Å². The number of sulfonamides is 1. The molecule has 0 radical (unpaired) electrons. The average Bonchev–Trinajstić information content (AvgIpc) is 1.86. The highest BCUT2D eigenvalue weighted by molar-refractivity contribution is 7.89. The molecule has 1 aromatic carbocycles. The van der Waals surface area contributed by atoms with Crippen molar-refractivity contribution in [1.29, 1.82) is 0 Å². The molecule has 0 amide bonds. The molecule has 0 aromatic heterocycles. The first-order valence-electron chi connectivity index (χ1n) is 2.95. The van der Waals surface area contributed by atoms with Gasteiger partial charge in [-0.1, -0.05) is 0 Å². The minimum Gasteiger partial charge on any atom is -0.325 e. The maximum Gasteiger partial charge on any atom is 0.238 e. The molecule has 0 atom stereocenters. The van der Waals surface area contributed by atoms with Crippen LogP contribution in [0.15, 0.2) is 29.2 Å². The van der Waals surface area contributed by atoms with E-state index in [1.165, 1.54) is 12.1 Å². The average molecular weight is 173 g/mol. The summed E-state index contributed by atoms with van der Waals surface area (Å²) in [5.41, 5.74) is 4.37. The molecule has 1 aromatic rings. The number of rotatable bonds is 1. The Morgan fingerprint density at radius 1 is 1.18 bits per heavy atom. The molecule has 5 N–H and O–H groups in total.